The first-order valence-electron chi connectivity index (χ1n) is 9.09. The summed E-state index contributed by atoms with van der Waals surface area (Å²) < 4.78 is 17.7. The Bertz CT molecular complexity index is 410. The zero-order chi connectivity index (χ0) is 16.4. The van der Waals surface area contributed by atoms with Gasteiger partial charge in [-0.05, 0) is 6.42 Å². The van der Waals surface area contributed by atoms with Gasteiger partial charge in [-0.2, -0.15) is 0 Å². The molecule has 0 saturated carbocycles. The van der Waals surface area contributed by atoms with Gasteiger partial charge in [-0.1, -0.05) is 76.3 Å². The van der Waals surface area contributed by atoms with Crippen LogP contribution in [-0.4, -0.2) is 26.4 Å². The van der Waals surface area contributed by atoms with E-state index in [2.05, 4.69) is 13.8 Å². The average Bonchev–Trinajstić information content (AvgIpc) is 2.59. The van der Waals surface area contributed by atoms with Crippen LogP contribution in [0.15, 0.2) is 30.3 Å². The Kier molecular flexibility index (Phi) is 8.07. The number of rotatable bonds is 10. The van der Waals surface area contributed by atoms with Gasteiger partial charge in [0.2, 0.25) is 0 Å². The van der Waals surface area contributed by atoms with Crippen molar-refractivity contribution in [2.75, 3.05) is 26.4 Å². The van der Waals surface area contributed by atoms with Crippen LogP contribution in [0.1, 0.15) is 64.2 Å². The van der Waals surface area contributed by atoms with Crippen LogP contribution in [0.4, 0.5) is 0 Å². The van der Waals surface area contributed by atoms with Gasteiger partial charge in [0.05, 0.1) is 19.8 Å². The van der Waals surface area contributed by atoms with E-state index < -0.39 is 0 Å². The normalized spacial score (nSPS) is 24.7. The van der Waals surface area contributed by atoms with E-state index in [0.717, 1.165) is 18.6 Å². The Balaban J connectivity index is 1.58. The molecule has 0 spiro atoms. The highest BCUT2D eigenvalue weighted by Gasteiger charge is 2.33. The molecule has 1 aliphatic heterocycles. The SMILES string of the molecule is CCCCCCCCOCC1(C)COC(c2ccccc2)OC1. The van der Waals surface area contributed by atoms with Gasteiger partial charge in [0.1, 0.15) is 0 Å². The molecule has 0 unspecified atom stereocenters. The Labute approximate surface area is 141 Å². The van der Waals surface area contributed by atoms with E-state index in [4.69, 9.17) is 14.2 Å². The summed E-state index contributed by atoms with van der Waals surface area (Å²) in [4.78, 5) is 0. The molecule has 2 rings (SSSR count). The zero-order valence-electron chi connectivity index (χ0n) is 14.8. The number of hydrogen-bond acceptors (Lipinski definition) is 3. The molecule has 3 heteroatoms. The summed E-state index contributed by atoms with van der Waals surface area (Å²) in [6, 6.07) is 10.1. The monoisotopic (exact) mass is 320 g/mol. The second-order valence-corrected chi connectivity index (χ2v) is 7.00. The number of unbranched alkanes of at least 4 members (excludes halogenated alkanes) is 5. The van der Waals surface area contributed by atoms with E-state index in [1.165, 1.54) is 32.1 Å². The number of ether oxygens (including phenoxy) is 3. The predicted octanol–water partition coefficient (Wildman–Crippen LogP) is 5.12. The van der Waals surface area contributed by atoms with Crippen LogP contribution in [0, 0.1) is 5.41 Å². The van der Waals surface area contributed by atoms with Gasteiger partial charge >= 0.3 is 0 Å². The largest absolute Gasteiger partial charge is 0.381 e. The first kappa shape index (κ1) is 18.4. The minimum absolute atomic E-state index is 0.0342. The summed E-state index contributed by atoms with van der Waals surface area (Å²) in [6.07, 6.45) is 7.56. The molecule has 23 heavy (non-hydrogen) atoms. The fourth-order valence-electron chi connectivity index (χ4n) is 2.83. The average molecular weight is 320 g/mol. The van der Waals surface area contributed by atoms with Crippen molar-refractivity contribution >= 4 is 0 Å². The van der Waals surface area contributed by atoms with Gasteiger partial charge in [-0.15, -0.1) is 0 Å². The highest BCUT2D eigenvalue weighted by atomic mass is 16.7. The van der Waals surface area contributed by atoms with Crippen LogP contribution in [-0.2, 0) is 14.2 Å². The Morgan fingerprint density at radius 3 is 2.35 bits per heavy atom. The molecule has 0 aliphatic carbocycles. The zero-order valence-corrected chi connectivity index (χ0v) is 14.8. The molecule has 0 amide bonds. The third-order valence-corrected chi connectivity index (χ3v) is 4.33. The molecule has 0 aromatic heterocycles. The van der Waals surface area contributed by atoms with Gasteiger partial charge in [0.15, 0.2) is 6.29 Å². The Morgan fingerprint density at radius 2 is 1.65 bits per heavy atom. The molecule has 0 radical (unpaired) electrons. The molecule has 1 heterocycles. The second kappa shape index (κ2) is 10.1. The minimum Gasteiger partial charge on any atom is -0.381 e. The maximum atomic E-state index is 5.90. The van der Waals surface area contributed by atoms with Gasteiger partial charge in [0.25, 0.3) is 0 Å². The Morgan fingerprint density at radius 1 is 1.00 bits per heavy atom. The van der Waals surface area contributed by atoms with E-state index in [0.29, 0.717) is 19.8 Å². The number of hydrogen-bond donors (Lipinski definition) is 0. The third kappa shape index (κ3) is 6.62. The molecule has 0 bridgehead atoms. The van der Waals surface area contributed by atoms with Crippen molar-refractivity contribution in [3.8, 4) is 0 Å². The minimum atomic E-state index is -0.233. The van der Waals surface area contributed by atoms with Gasteiger partial charge in [-0.25, -0.2) is 0 Å². The van der Waals surface area contributed by atoms with Crippen molar-refractivity contribution < 1.29 is 14.2 Å². The summed E-state index contributed by atoms with van der Waals surface area (Å²) >= 11 is 0. The van der Waals surface area contributed by atoms with Crippen molar-refractivity contribution in [1.82, 2.24) is 0 Å². The number of benzene rings is 1. The summed E-state index contributed by atoms with van der Waals surface area (Å²) in [6.45, 7) is 7.36. The molecule has 1 aliphatic rings. The Hall–Kier alpha value is -0.900. The predicted molar refractivity (Wildman–Crippen MR) is 93.4 cm³/mol. The van der Waals surface area contributed by atoms with Crippen LogP contribution in [0.2, 0.25) is 0 Å². The lowest BCUT2D eigenvalue weighted by Gasteiger charge is -2.37. The smallest absolute Gasteiger partial charge is 0.183 e. The van der Waals surface area contributed by atoms with Crippen LogP contribution in [0.25, 0.3) is 0 Å². The molecular weight excluding hydrogens is 288 g/mol. The standard InChI is InChI=1S/C20H32O3/c1-3-4-5-6-7-11-14-21-15-20(2)16-22-19(23-17-20)18-12-9-8-10-13-18/h8-10,12-13,19H,3-7,11,14-17H2,1-2H3. The third-order valence-electron chi connectivity index (χ3n) is 4.33. The van der Waals surface area contributed by atoms with Crippen molar-refractivity contribution in [3.63, 3.8) is 0 Å². The molecule has 0 N–H and O–H groups in total. The van der Waals surface area contributed by atoms with Gasteiger partial charge < -0.3 is 14.2 Å². The van der Waals surface area contributed by atoms with E-state index in [-0.39, 0.29) is 11.7 Å². The van der Waals surface area contributed by atoms with E-state index >= 15 is 0 Å². The van der Waals surface area contributed by atoms with Crippen LogP contribution >= 0.6 is 0 Å². The van der Waals surface area contributed by atoms with Crippen molar-refractivity contribution in [2.45, 2.75) is 58.7 Å². The maximum absolute atomic E-state index is 5.90. The molecule has 1 fully saturated rings. The van der Waals surface area contributed by atoms with Crippen LogP contribution < -0.4 is 0 Å². The van der Waals surface area contributed by atoms with Crippen LogP contribution in [0.5, 0.6) is 0 Å². The first-order chi connectivity index (χ1) is 11.2. The molecule has 1 aromatic carbocycles. The molecule has 0 atom stereocenters. The molecule has 1 saturated heterocycles. The quantitative estimate of drug-likeness (QED) is 0.560. The molecular formula is C20H32O3. The second-order valence-electron chi connectivity index (χ2n) is 7.00. The fraction of sp³-hybridized carbons (Fsp3) is 0.700. The molecule has 1 aromatic rings. The van der Waals surface area contributed by atoms with E-state index in [9.17, 15) is 0 Å². The fourth-order valence-corrected chi connectivity index (χ4v) is 2.83. The topological polar surface area (TPSA) is 27.7 Å². The first-order valence-corrected chi connectivity index (χ1v) is 9.09. The van der Waals surface area contributed by atoms with Crippen LogP contribution in [0.3, 0.4) is 0 Å². The molecule has 3 nitrogen and oxygen atoms in total. The summed E-state index contributed by atoms with van der Waals surface area (Å²) in [7, 11) is 0. The maximum Gasteiger partial charge on any atom is 0.183 e. The van der Waals surface area contributed by atoms with Crippen molar-refractivity contribution in [3.05, 3.63) is 35.9 Å². The van der Waals surface area contributed by atoms with E-state index in [1.807, 2.05) is 30.3 Å². The highest BCUT2D eigenvalue weighted by molar-refractivity contribution is 5.16. The summed E-state index contributed by atoms with van der Waals surface area (Å²) in [5.41, 5.74) is 1.05. The lowest BCUT2D eigenvalue weighted by molar-refractivity contribution is -0.239. The molecule has 130 valence electrons. The summed E-state index contributed by atoms with van der Waals surface area (Å²) in [5, 5.41) is 0. The summed E-state index contributed by atoms with van der Waals surface area (Å²) in [5.74, 6) is 0. The van der Waals surface area contributed by atoms with Gasteiger partial charge in [-0.3, -0.25) is 0 Å². The lowest BCUT2D eigenvalue weighted by Crippen LogP contribution is -2.40. The van der Waals surface area contributed by atoms with E-state index in [1.54, 1.807) is 0 Å². The lowest BCUT2D eigenvalue weighted by atomic mass is 9.93. The highest BCUT2D eigenvalue weighted by Crippen LogP contribution is 2.31. The van der Waals surface area contributed by atoms with Crippen molar-refractivity contribution in [2.24, 2.45) is 5.41 Å². The van der Waals surface area contributed by atoms with Crippen molar-refractivity contribution in [1.29, 1.82) is 0 Å². The van der Waals surface area contributed by atoms with Gasteiger partial charge in [0, 0.05) is 17.6 Å².